The van der Waals surface area contributed by atoms with Gasteiger partial charge in [-0.3, -0.25) is 70.8 Å². The molecule has 0 amide bonds. The van der Waals surface area contributed by atoms with E-state index in [-0.39, 0.29) is 85.5 Å². The molecule has 0 radical (unpaired) electrons. The maximum atomic E-state index is 12.7. The van der Waals surface area contributed by atoms with Crippen molar-refractivity contribution in [2.24, 2.45) is 0 Å². The zero-order valence-corrected chi connectivity index (χ0v) is 57.3. The van der Waals surface area contributed by atoms with E-state index in [0.29, 0.717) is 20.9 Å². The Balaban J connectivity index is 0.000000225. The summed E-state index contributed by atoms with van der Waals surface area (Å²) >= 11 is 28.9. The number of aryl methyl sites for hydroxylation is 2. The maximum Gasteiger partial charge on any atom is 0.286 e. The second-order valence-corrected chi connectivity index (χ2v) is 30.3. The summed E-state index contributed by atoms with van der Waals surface area (Å²) in [4.78, 5) is 71.0. The molecule has 0 fully saturated rings. The van der Waals surface area contributed by atoms with Crippen molar-refractivity contribution in [3.63, 3.8) is 0 Å². The molecule has 8 aromatic carbocycles. The standard InChI is InChI=1S/3C13H10N2O6S3.C13H11NO4S3/c1-23-13-5-3-9(7-11(13)15(18)19)24(20,21)8-2-4-12(22)10(6-8)14(16)17;1-7-4-9(6-11(13(7)23)15(18)19)24(20,21)8-2-3-12(22)10(5-8)14(16)17;1-7-12(5-4-11(23)13(7)15(18)19)24(20,21)8-2-3-10(22)9(6-8)14(16)17;1-8-6-9(2-4-12(8)19)21(17,18)10-3-5-13(20)11(7-10)14(15)16/h2-7,22H,1H3;2*2-6,22-23H,1H3;2-7,19-20H,1H3. The second-order valence-electron chi connectivity index (χ2n) is 18.4. The molecule has 0 bridgehead atoms. The summed E-state index contributed by atoms with van der Waals surface area (Å²) < 4.78 is 101. The molecule has 0 aliphatic heterocycles. The van der Waals surface area contributed by atoms with Gasteiger partial charge >= 0.3 is 0 Å². The van der Waals surface area contributed by atoms with Gasteiger partial charge < -0.3 is 0 Å². The van der Waals surface area contributed by atoms with Gasteiger partial charge in [0.15, 0.2) is 0 Å². The third-order valence-electron chi connectivity index (χ3n) is 12.5. The third-order valence-corrected chi connectivity index (χ3v) is 23.4. The van der Waals surface area contributed by atoms with Crippen LogP contribution in [0.1, 0.15) is 16.7 Å². The normalized spacial score (nSPS) is 11.3. The Labute approximate surface area is 569 Å². The number of sulfone groups is 4. The number of nitro groups is 7. The summed E-state index contributed by atoms with van der Waals surface area (Å²) in [6, 6.07) is 25.7. The lowest BCUT2D eigenvalue weighted by Gasteiger charge is -2.10. The van der Waals surface area contributed by atoms with Gasteiger partial charge in [-0.25, -0.2) is 33.7 Å². The molecule has 0 unspecified atom stereocenters. The number of thioether (sulfide) groups is 1. The molecule has 488 valence electrons. The van der Waals surface area contributed by atoms with Crippen LogP contribution in [-0.4, -0.2) is 74.4 Å². The van der Waals surface area contributed by atoms with E-state index in [9.17, 15) is 104 Å². The summed E-state index contributed by atoms with van der Waals surface area (Å²) in [6.45, 7) is 4.50. The molecule has 8 aromatic rings. The van der Waals surface area contributed by atoms with Crippen LogP contribution in [-0.2, 0) is 39.3 Å². The van der Waals surface area contributed by atoms with Crippen molar-refractivity contribution in [2.45, 2.75) is 99.1 Å². The van der Waals surface area contributed by atoms with Gasteiger partial charge in [0.1, 0.15) is 0 Å². The van der Waals surface area contributed by atoms with E-state index in [0.717, 1.165) is 60.3 Å². The second kappa shape index (κ2) is 30.5. The molecule has 0 atom stereocenters. The largest absolute Gasteiger partial charge is 0.286 e. The predicted octanol–water partition coefficient (Wildman–Crippen LogP) is 13.1. The molecule has 41 heteroatoms. The lowest BCUT2D eigenvalue weighted by Crippen LogP contribution is -2.07. The van der Waals surface area contributed by atoms with Gasteiger partial charge in [0.25, 0.3) is 39.8 Å². The fraction of sp³-hybridized carbons (Fsp3) is 0.0769. The van der Waals surface area contributed by atoms with Crippen molar-refractivity contribution in [3.8, 4) is 0 Å². The molecular weight excluding hydrogens is 1460 g/mol. The first-order chi connectivity index (χ1) is 43.0. The first-order valence-electron chi connectivity index (χ1n) is 24.5. The van der Waals surface area contributed by atoms with Gasteiger partial charge in [-0.05, 0) is 135 Å². The number of nitro benzene ring substituents is 7. The molecule has 0 aliphatic rings. The highest BCUT2D eigenvalue weighted by Crippen LogP contribution is 2.39. The number of hydrogen-bond acceptors (Lipinski definition) is 30. The van der Waals surface area contributed by atoms with Crippen LogP contribution in [0.15, 0.2) is 212 Å². The van der Waals surface area contributed by atoms with Gasteiger partial charge in [0, 0.05) is 46.9 Å². The lowest BCUT2D eigenvalue weighted by molar-refractivity contribution is -0.388. The molecule has 29 nitrogen and oxygen atoms in total. The van der Waals surface area contributed by atoms with E-state index >= 15 is 0 Å². The first-order valence-corrected chi connectivity index (χ1v) is 34.8. The fourth-order valence-electron chi connectivity index (χ4n) is 7.79. The van der Waals surface area contributed by atoms with Crippen LogP contribution in [0.25, 0.3) is 0 Å². The maximum absolute atomic E-state index is 12.7. The van der Waals surface area contributed by atoms with Crippen molar-refractivity contribution in [1.29, 1.82) is 0 Å². The quantitative estimate of drug-likeness (QED) is 0.0204. The minimum Gasteiger partial charge on any atom is -0.258 e. The summed E-state index contributed by atoms with van der Waals surface area (Å²) in [7, 11) is -16.3. The SMILES string of the molecule is CSc1ccc(S(=O)(=O)c2ccc(S)c([N+](=O)[O-])c2)cc1[N+](=O)[O-].Cc1c(S(=O)(=O)c2ccc(S)c([N+](=O)[O-])c2)ccc(S)c1[N+](=O)[O-].Cc1cc(S(=O)(=O)c2ccc(S)c([N+](=O)[O-])c2)cc([N+](=O)[O-])c1S.Cc1cc(S(=O)(=O)c2ccc(S)c([N+](=O)[O-])c2)ccc1S. The van der Waals surface area contributed by atoms with Crippen molar-refractivity contribution in [2.75, 3.05) is 6.26 Å². The number of thiol groups is 7. The summed E-state index contributed by atoms with van der Waals surface area (Å²) in [5.74, 6) is 0. The van der Waals surface area contributed by atoms with Crippen molar-refractivity contribution >= 4 is 179 Å². The van der Waals surface area contributed by atoms with Gasteiger partial charge in [0.05, 0.1) is 108 Å². The Morgan fingerprint density at radius 3 is 0.925 bits per heavy atom. The molecule has 8 rings (SSSR count). The van der Waals surface area contributed by atoms with E-state index < -0.39 is 102 Å². The molecule has 0 N–H and O–H groups in total. The highest BCUT2D eigenvalue weighted by Gasteiger charge is 2.31. The molecule has 0 saturated heterocycles. The molecule has 0 aliphatic carbocycles. The van der Waals surface area contributed by atoms with Crippen LogP contribution in [0.2, 0.25) is 0 Å². The third kappa shape index (κ3) is 17.3. The Kier molecular flexibility index (Phi) is 24.9. The minimum atomic E-state index is -4.19. The van der Waals surface area contributed by atoms with Gasteiger partial charge in [0.2, 0.25) is 39.3 Å². The monoisotopic (exact) mass is 1500 g/mol. The number of hydrogen-bond donors (Lipinski definition) is 7. The number of nitrogens with zero attached hydrogens (tertiary/aromatic N) is 7. The Morgan fingerprint density at radius 2 is 0.591 bits per heavy atom. The van der Waals surface area contributed by atoms with Crippen LogP contribution in [0.5, 0.6) is 0 Å². The van der Waals surface area contributed by atoms with Crippen LogP contribution >= 0.6 is 100 Å². The van der Waals surface area contributed by atoms with Gasteiger partial charge in [-0.15, -0.1) is 100 Å². The van der Waals surface area contributed by atoms with Crippen LogP contribution in [0, 0.1) is 91.6 Å². The van der Waals surface area contributed by atoms with Crippen molar-refractivity contribution in [3.05, 3.63) is 221 Å². The van der Waals surface area contributed by atoms with Gasteiger partial charge in [-0.2, -0.15) is 0 Å². The van der Waals surface area contributed by atoms with Gasteiger partial charge in [-0.1, -0.05) is 0 Å². The Morgan fingerprint density at radius 1 is 0.312 bits per heavy atom. The zero-order valence-electron chi connectivity index (χ0n) is 47.0. The Hall–Kier alpha value is -7.84. The number of benzene rings is 8. The van der Waals surface area contributed by atoms with E-state index in [1.54, 1.807) is 19.2 Å². The molecule has 0 spiro atoms. The highest BCUT2D eigenvalue weighted by molar-refractivity contribution is 7.98. The van der Waals surface area contributed by atoms with Crippen LogP contribution < -0.4 is 0 Å². The fourth-order valence-corrected chi connectivity index (χ4v) is 15.5. The van der Waals surface area contributed by atoms with E-state index in [2.05, 4.69) is 88.4 Å². The Bertz CT molecular complexity index is 4950. The molecular formula is C52H41N7O22S12. The average Bonchev–Trinajstić information content (AvgIpc) is 0.814. The van der Waals surface area contributed by atoms with Crippen LogP contribution in [0.3, 0.4) is 0 Å². The smallest absolute Gasteiger partial charge is 0.258 e. The molecule has 0 aromatic heterocycles. The predicted molar refractivity (Wildman–Crippen MR) is 357 cm³/mol. The van der Waals surface area contributed by atoms with Crippen molar-refractivity contribution in [1.82, 2.24) is 0 Å². The summed E-state index contributed by atoms with van der Waals surface area (Å²) in [5.41, 5.74) is -2.08. The molecule has 0 heterocycles. The minimum absolute atomic E-state index is 0.00631. The number of rotatable bonds is 16. The van der Waals surface area contributed by atoms with E-state index in [1.165, 1.54) is 92.7 Å². The first kappa shape index (κ1) is 75.9. The van der Waals surface area contributed by atoms with E-state index in [4.69, 9.17) is 0 Å². The van der Waals surface area contributed by atoms with Crippen molar-refractivity contribution < 1.29 is 68.1 Å². The summed E-state index contributed by atoms with van der Waals surface area (Å²) in [6.07, 6.45) is 1.63. The lowest BCUT2D eigenvalue weighted by atomic mass is 10.2. The topological polar surface area (TPSA) is 439 Å². The summed E-state index contributed by atoms with van der Waals surface area (Å²) in [5, 5.41) is 77.0. The van der Waals surface area contributed by atoms with Crippen LogP contribution in [0.4, 0.5) is 39.8 Å². The van der Waals surface area contributed by atoms with E-state index in [1.807, 2.05) is 0 Å². The average molecular weight is 1500 g/mol. The molecule has 0 saturated carbocycles. The molecule has 93 heavy (non-hydrogen) atoms. The zero-order chi connectivity index (χ0) is 70.3. The highest BCUT2D eigenvalue weighted by atomic mass is 32.2.